The van der Waals surface area contributed by atoms with Crippen molar-refractivity contribution >= 4 is 5.95 Å². The molecule has 0 atom stereocenters. The largest absolute Gasteiger partial charge is 0.351 e. The second-order valence-corrected chi connectivity index (χ2v) is 5.07. The third-order valence-electron chi connectivity index (χ3n) is 3.45. The summed E-state index contributed by atoms with van der Waals surface area (Å²) in [5.74, 6) is 0.849. The number of aryl methyl sites for hydroxylation is 2. The van der Waals surface area contributed by atoms with Crippen LogP contribution in [0.25, 0.3) is 5.69 Å². The van der Waals surface area contributed by atoms with E-state index in [1.54, 1.807) is 0 Å². The van der Waals surface area contributed by atoms with E-state index in [4.69, 9.17) is 0 Å². The van der Waals surface area contributed by atoms with Crippen LogP contribution in [0, 0.1) is 13.8 Å². The number of nitrogens with zero attached hydrogens (tertiary/aromatic N) is 3. The van der Waals surface area contributed by atoms with Crippen LogP contribution in [0.4, 0.5) is 5.95 Å². The van der Waals surface area contributed by atoms with Gasteiger partial charge in [0.25, 0.3) is 0 Å². The second-order valence-electron chi connectivity index (χ2n) is 5.07. The molecular weight excluding hydrogens is 260 g/mol. The zero-order valence-corrected chi connectivity index (χ0v) is 12.2. The van der Waals surface area contributed by atoms with Crippen LogP contribution in [0.3, 0.4) is 0 Å². The molecule has 0 fully saturated rings. The van der Waals surface area contributed by atoms with Crippen LogP contribution in [0.5, 0.6) is 0 Å². The van der Waals surface area contributed by atoms with E-state index in [0.29, 0.717) is 6.54 Å². The van der Waals surface area contributed by atoms with Gasteiger partial charge in [-0.3, -0.25) is 9.55 Å². The molecule has 106 valence electrons. The number of hydrogen-bond acceptors (Lipinski definition) is 3. The summed E-state index contributed by atoms with van der Waals surface area (Å²) >= 11 is 0. The lowest BCUT2D eigenvalue weighted by Gasteiger charge is -2.10. The molecule has 0 saturated heterocycles. The molecule has 4 nitrogen and oxygen atoms in total. The van der Waals surface area contributed by atoms with E-state index < -0.39 is 0 Å². The standard InChI is InChI=1S/C17H18N4/c1-13-8-9-18-10-15(13)11-19-17-20-14(2)12-21(17)16-6-4-3-5-7-16/h3-10,12H,11H2,1-2H3,(H,19,20). The van der Waals surface area contributed by atoms with E-state index in [0.717, 1.165) is 17.3 Å². The molecule has 0 unspecified atom stereocenters. The average Bonchev–Trinajstić information content (AvgIpc) is 2.88. The maximum atomic E-state index is 4.56. The Morgan fingerprint density at radius 1 is 1.10 bits per heavy atom. The van der Waals surface area contributed by atoms with Crippen molar-refractivity contribution in [1.29, 1.82) is 0 Å². The highest BCUT2D eigenvalue weighted by Crippen LogP contribution is 2.17. The summed E-state index contributed by atoms with van der Waals surface area (Å²) < 4.78 is 2.07. The van der Waals surface area contributed by atoms with Gasteiger partial charge in [-0.15, -0.1) is 0 Å². The maximum Gasteiger partial charge on any atom is 0.208 e. The van der Waals surface area contributed by atoms with Gasteiger partial charge in [0.2, 0.25) is 5.95 Å². The molecule has 3 aromatic rings. The number of benzene rings is 1. The smallest absolute Gasteiger partial charge is 0.208 e. The molecule has 2 aromatic heterocycles. The van der Waals surface area contributed by atoms with Gasteiger partial charge in [-0.05, 0) is 43.2 Å². The number of anilines is 1. The SMILES string of the molecule is Cc1cn(-c2ccccc2)c(NCc2cnccc2C)n1. The number of nitrogens with one attached hydrogen (secondary N) is 1. The number of pyridine rings is 1. The van der Waals surface area contributed by atoms with Gasteiger partial charge in [0.15, 0.2) is 0 Å². The van der Waals surface area contributed by atoms with Gasteiger partial charge in [0.05, 0.1) is 5.69 Å². The minimum absolute atomic E-state index is 0.711. The van der Waals surface area contributed by atoms with Gasteiger partial charge in [0, 0.05) is 30.8 Å². The first-order valence-corrected chi connectivity index (χ1v) is 6.99. The maximum absolute atomic E-state index is 4.56. The van der Waals surface area contributed by atoms with Crippen LogP contribution >= 0.6 is 0 Å². The fraction of sp³-hybridized carbons (Fsp3) is 0.176. The lowest BCUT2D eigenvalue weighted by Crippen LogP contribution is -2.07. The monoisotopic (exact) mass is 278 g/mol. The van der Waals surface area contributed by atoms with Crippen molar-refractivity contribution in [2.45, 2.75) is 20.4 Å². The van der Waals surface area contributed by atoms with Crippen molar-refractivity contribution in [3.05, 3.63) is 71.8 Å². The Balaban J connectivity index is 1.85. The summed E-state index contributed by atoms with van der Waals surface area (Å²) in [6.07, 6.45) is 5.74. The van der Waals surface area contributed by atoms with Crippen LogP contribution in [0.1, 0.15) is 16.8 Å². The van der Waals surface area contributed by atoms with Gasteiger partial charge in [-0.1, -0.05) is 18.2 Å². The molecule has 0 spiro atoms. The molecular formula is C17H18N4. The van der Waals surface area contributed by atoms with Crippen molar-refractivity contribution in [2.75, 3.05) is 5.32 Å². The molecule has 0 bridgehead atoms. The second kappa shape index (κ2) is 5.79. The Labute approximate surface area is 124 Å². The molecule has 0 radical (unpaired) electrons. The summed E-state index contributed by atoms with van der Waals surface area (Å²) in [4.78, 5) is 8.74. The highest BCUT2D eigenvalue weighted by molar-refractivity contribution is 5.43. The van der Waals surface area contributed by atoms with Crippen molar-refractivity contribution < 1.29 is 0 Å². The molecule has 2 heterocycles. The van der Waals surface area contributed by atoms with Crippen LogP contribution in [-0.4, -0.2) is 14.5 Å². The summed E-state index contributed by atoms with van der Waals surface area (Å²) in [6.45, 7) is 4.80. The first kappa shape index (κ1) is 13.4. The quantitative estimate of drug-likeness (QED) is 0.794. The molecule has 0 saturated carbocycles. The summed E-state index contributed by atoms with van der Waals surface area (Å²) in [7, 11) is 0. The van der Waals surface area contributed by atoms with Crippen LogP contribution in [0.15, 0.2) is 55.0 Å². The summed E-state index contributed by atoms with van der Waals surface area (Å²) in [6, 6.07) is 12.2. The van der Waals surface area contributed by atoms with Crippen molar-refractivity contribution in [2.24, 2.45) is 0 Å². The predicted molar refractivity (Wildman–Crippen MR) is 84.6 cm³/mol. The number of aromatic nitrogens is 3. The van der Waals surface area contributed by atoms with Crippen molar-refractivity contribution in [3.63, 3.8) is 0 Å². The molecule has 1 aromatic carbocycles. The molecule has 1 N–H and O–H groups in total. The first-order valence-electron chi connectivity index (χ1n) is 6.99. The third-order valence-corrected chi connectivity index (χ3v) is 3.45. The van der Waals surface area contributed by atoms with E-state index in [1.165, 1.54) is 11.1 Å². The van der Waals surface area contributed by atoms with E-state index in [-0.39, 0.29) is 0 Å². The fourth-order valence-corrected chi connectivity index (χ4v) is 2.26. The first-order chi connectivity index (χ1) is 10.2. The molecule has 21 heavy (non-hydrogen) atoms. The van der Waals surface area contributed by atoms with Crippen molar-refractivity contribution in [1.82, 2.24) is 14.5 Å². The highest BCUT2D eigenvalue weighted by Gasteiger charge is 2.07. The zero-order chi connectivity index (χ0) is 14.7. The van der Waals surface area contributed by atoms with Gasteiger partial charge in [-0.25, -0.2) is 4.98 Å². The summed E-state index contributed by atoms with van der Waals surface area (Å²) in [5.41, 5.74) is 4.50. The van der Waals surface area contributed by atoms with Crippen molar-refractivity contribution in [3.8, 4) is 5.69 Å². The van der Waals surface area contributed by atoms with E-state index >= 15 is 0 Å². The van der Waals surface area contributed by atoms with Gasteiger partial charge < -0.3 is 5.32 Å². The Morgan fingerprint density at radius 2 is 1.90 bits per heavy atom. The Bertz CT molecular complexity index is 732. The average molecular weight is 278 g/mol. The molecule has 0 aliphatic heterocycles. The van der Waals surface area contributed by atoms with Gasteiger partial charge in [0.1, 0.15) is 0 Å². The molecule has 0 aliphatic rings. The predicted octanol–water partition coefficient (Wildman–Crippen LogP) is 3.50. The van der Waals surface area contributed by atoms with Crippen LogP contribution < -0.4 is 5.32 Å². The van der Waals surface area contributed by atoms with E-state index in [2.05, 4.69) is 38.9 Å². The molecule has 4 heteroatoms. The lowest BCUT2D eigenvalue weighted by atomic mass is 10.2. The summed E-state index contributed by atoms with van der Waals surface area (Å²) in [5, 5.41) is 3.40. The molecule has 0 aliphatic carbocycles. The molecule has 3 rings (SSSR count). The third kappa shape index (κ3) is 2.94. The van der Waals surface area contributed by atoms with E-state index in [9.17, 15) is 0 Å². The van der Waals surface area contributed by atoms with E-state index in [1.807, 2.05) is 49.8 Å². The Morgan fingerprint density at radius 3 is 2.67 bits per heavy atom. The topological polar surface area (TPSA) is 42.7 Å². The number of hydrogen-bond donors (Lipinski definition) is 1. The highest BCUT2D eigenvalue weighted by atomic mass is 15.2. The number of para-hydroxylation sites is 1. The Hall–Kier alpha value is -2.62. The van der Waals surface area contributed by atoms with Gasteiger partial charge in [-0.2, -0.15) is 0 Å². The fourth-order valence-electron chi connectivity index (χ4n) is 2.26. The minimum Gasteiger partial charge on any atom is -0.351 e. The number of rotatable bonds is 4. The Kier molecular flexibility index (Phi) is 3.69. The number of imidazole rings is 1. The van der Waals surface area contributed by atoms with Crippen LogP contribution in [-0.2, 0) is 6.54 Å². The lowest BCUT2D eigenvalue weighted by molar-refractivity contribution is 0.990. The molecule has 0 amide bonds. The van der Waals surface area contributed by atoms with Gasteiger partial charge >= 0.3 is 0 Å². The normalized spacial score (nSPS) is 10.6. The zero-order valence-electron chi connectivity index (χ0n) is 12.2. The van der Waals surface area contributed by atoms with Crippen LogP contribution in [0.2, 0.25) is 0 Å². The minimum atomic E-state index is 0.711.